The quantitative estimate of drug-likeness (QED) is 0.363. The van der Waals surface area contributed by atoms with Crippen molar-refractivity contribution in [2.75, 3.05) is 0 Å². The molecule has 0 bridgehead atoms. The summed E-state index contributed by atoms with van der Waals surface area (Å²) in [6.07, 6.45) is 0. The lowest BCUT2D eigenvalue weighted by Gasteiger charge is -1.91. The third-order valence-electron chi connectivity index (χ3n) is 0. The van der Waals surface area contributed by atoms with Crippen LogP contribution in [0.25, 0.3) is 0 Å². The Morgan fingerprint density at radius 2 is 1.60 bits per heavy atom. The molecule has 0 nitrogen and oxygen atoms in total. The Bertz CT molecular complexity index is 25.1. The Balaban J connectivity index is 3.02. The zero-order valence-electron chi connectivity index (χ0n) is 2.63. The van der Waals surface area contributed by atoms with E-state index in [1.165, 1.54) is 0 Å². The average molecular weight is 332 g/mol. The van der Waals surface area contributed by atoms with Gasteiger partial charge < -0.3 is 0 Å². The molecule has 0 saturated carbocycles. The van der Waals surface area contributed by atoms with E-state index in [0.29, 0.717) is 0 Å². The monoisotopic (exact) mass is 332 g/mol. The second-order valence-corrected chi connectivity index (χ2v) is 27.6. The zero-order valence-corrected chi connectivity index (χ0v) is 8.70. The van der Waals surface area contributed by atoms with Gasteiger partial charge in [-0.25, -0.2) is 0 Å². The van der Waals surface area contributed by atoms with Crippen molar-refractivity contribution in [2.45, 2.75) is 6.55 Å². The van der Waals surface area contributed by atoms with E-state index in [1.807, 2.05) is 0 Å². The Labute approximate surface area is 62.8 Å². The molecule has 0 radical (unpaired) electrons. The second kappa shape index (κ2) is 2.32. The van der Waals surface area contributed by atoms with Crippen LogP contribution in [-0.2, 0) is 0 Å². The molecule has 5 heavy (non-hydrogen) atoms. The van der Waals surface area contributed by atoms with Crippen LogP contribution in [0.2, 0.25) is 6.55 Å². The largest absolute Gasteiger partial charge is 0.280 e. The minimum Gasteiger partial charge on any atom is -0.140 e. The summed E-state index contributed by atoms with van der Waals surface area (Å²) in [5.74, 6) is 0. The van der Waals surface area contributed by atoms with Gasteiger partial charge >= 0.3 is 0 Å². The van der Waals surface area contributed by atoms with Gasteiger partial charge in [-0.05, 0) is 6.55 Å². The van der Waals surface area contributed by atoms with E-state index >= 15 is 0 Å². The van der Waals surface area contributed by atoms with E-state index in [0.717, 1.165) is 0 Å². The molecule has 0 aromatic rings. The maximum atomic E-state index is 5.64. The molecule has 0 spiro atoms. The highest BCUT2D eigenvalue weighted by atomic mass is 127. The molecule has 4 heteroatoms. The highest BCUT2D eigenvalue weighted by molar-refractivity contribution is 14.3. The van der Waals surface area contributed by atoms with Gasteiger partial charge in [0.25, 0.3) is 2.38 Å². The first-order chi connectivity index (χ1) is 2.00. The molecular formula is CH3ClI2Si. The summed E-state index contributed by atoms with van der Waals surface area (Å²) in [6.45, 7) is 2.07. The van der Waals surface area contributed by atoms with E-state index < -0.39 is 2.38 Å². The molecule has 0 atom stereocenters. The molecule has 0 rings (SSSR count). The van der Waals surface area contributed by atoms with Crippen molar-refractivity contribution in [3.8, 4) is 0 Å². The highest BCUT2D eigenvalue weighted by Crippen LogP contribution is 2.24. The first-order valence-electron chi connectivity index (χ1n) is 1.07. The van der Waals surface area contributed by atoms with Crippen molar-refractivity contribution in [2.24, 2.45) is 0 Å². The Kier molecular flexibility index (Phi) is 3.23. The third-order valence-corrected chi connectivity index (χ3v) is 0. The van der Waals surface area contributed by atoms with Crippen LogP contribution in [0.15, 0.2) is 0 Å². The van der Waals surface area contributed by atoms with Crippen LogP contribution >= 0.6 is 54.7 Å². The Morgan fingerprint density at radius 1 is 1.60 bits per heavy atom. The number of halogens is 3. The van der Waals surface area contributed by atoms with Gasteiger partial charge in [-0.15, -0.1) is 11.1 Å². The molecular weight excluding hydrogens is 329 g/mol. The fourth-order valence-electron chi connectivity index (χ4n) is 0. The van der Waals surface area contributed by atoms with Crippen LogP contribution in [-0.4, -0.2) is 2.38 Å². The van der Waals surface area contributed by atoms with E-state index in [-0.39, 0.29) is 0 Å². The fourth-order valence-corrected chi connectivity index (χ4v) is 0. The molecule has 0 aromatic carbocycles. The maximum Gasteiger partial charge on any atom is 0.280 e. The molecule has 0 heterocycles. The van der Waals surface area contributed by atoms with Crippen molar-refractivity contribution >= 4 is 57.1 Å². The Morgan fingerprint density at radius 3 is 1.60 bits per heavy atom. The maximum absolute atomic E-state index is 5.64. The van der Waals surface area contributed by atoms with Crippen LogP contribution in [0.5, 0.6) is 0 Å². The average Bonchev–Trinajstić information content (AvgIpc) is 0.722. The van der Waals surface area contributed by atoms with Gasteiger partial charge in [-0.2, -0.15) is 0 Å². The second-order valence-electron chi connectivity index (χ2n) is 0.781. The van der Waals surface area contributed by atoms with Gasteiger partial charge in [0.15, 0.2) is 0 Å². The van der Waals surface area contributed by atoms with Crippen molar-refractivity contribution in [3.05, 3.63) is 0 Å². The predicted molar refractivity (Wildman–Crippen MR) is 45.5 cm³/mol. The first-order valence-corrected chi connectivity index (χ1v) is 10.8. The lowest BCUT2D eigenvalue weighted by molar-refractivity contribution is 2.35. The molecule has 0 saturated heterocycles. The molecule has 0 aromatic heterocycles. The van der Waals surface area contributed by atoms with Crippen LogP contribution in [0.4, 0.5) is 0 Å². The summed E-state index contributed by atoms with van der Waals surface area (Å²) in [4.78, 5) is 0. The lowest BCUT2D eigenvalue weighted by atomic mass is 11.9. The van der Waals surface area contributed by atoms with Gasteiger partial charge in [0.2, 0.25) is 0 Å². The molecule has 0 N–H and O–H groups in total. The van der Waals surface area contributed by atoms with Crippen LogP contribution < -0.4 is 0 Å². The van der Waals surface area contributed by atoms with Gasteiger partial charge in [0.1, 0.15) is 0 Å². The van der Waals surface area contributed by atoms with E-state index in [4.69, 9.17) is 11.1 Å². The molecule has 0 amide bonds. The lowest BCUT2D eigenvalue weighted by Crippen LogP contribution is -1.93. The molecule has 0 aliphatic heterocycles. The third kappa shape index (κ3) is 24.3. The first kappa shape index (κ1) is 6.97. The topological polar surface area (TPSA) is 0 Å². The Hall–Kier alpha value is 1.97. The molecule has 0 aliphatic rings. The minimum absolute atomic E-state index is 1.20. The van der Waals surface area contributed by atoms with E-state index in [9.17, 15) is 0 Å². The minimum atomic E-state index is -1.20. The number of hydrogen-bond acceptors (Lipinski definition) is 0. The highest BCUT2D eigenvalue weighted by Gasteiger charge is 2.11. The van der Waals surface area contributed by atoms with Crippen LogP contribution in [0.1, 0.15) is 0 Å². The zero-order chi connectivity index (χ0) is 4.50. The predicted octanol–water partition coefficient (Wildman–Crippen LogP) is 2.66. The smallest absolute Gasteiger partial charge is 0.140 e. The molecule has 0 fully saturated rings. The van der Waals surface area contributed by atoms with Crippen molar-refractivity contribution in [1.29, 1.82) is 0 Å². The number of hydrogen-bond donors (Lipinski definition) is 0. The molecule has 0 aliphatic carbocycles. The number of rotatable bonds is 0. The van der Waals surface area contributed by atoms with Crippen LogP contribution in [0.3, 0.4) is 0 Å². The van der Waals surface area contributed by atoms with Gasteiger partial charge in [-0.1, -0.05) is 43.6 Å². The summed E-state index contributed by atoms with van der Waals surface area (Å²) in [5.41, 5.74) is 0. The van der Waals surface area contributed by atoms with Crippen molar-refractivity contribution in [3.63, 3.8) is 0 Å². The van der Waals surface area contributed by atoms with Crippen molar-refractivity contribution in [1.82, 2.24) is 0 Å². The van der Waals surface area contributed by atoms with Gasteiger partial charge in [0.05, 0.1) is 0 Å². The van der Waals surface area contributed by atoms with E-state index in [2.05, 4.69) is 50.1 Å². The normalized spacial score (nSPS) is 12.0. The van der Waals surface area contributed by atoms with Gasteiger partial charge in [-0.3, -0.25) is 0 Å². The summed E-state index contributed by atoms with van der Waals surface area (Å²) < 4.78 is -1.20. The molecule has 32 valence electrons. The van der Waals surface area contributed by atoms with Gasteiger partial charge in [0, 0.05) is 0 Å². The van der Waals surface area contributed by atoms with Crippen molar-refractivity contribution < 1.29 is 0 Å². The summed E-state index contributed by atoms with van der Waals surface area (Å²) in [7, 11) is 0. The fraction of sp³-hybridized carbons (Fsp3) is 1.00. The molecule has 0 unspecified atom stereocenters. The van der Waals surface area contributed by atoms with Crippen LogP contribution in [0, 0.1) is 0 Å². The SMILES string of the molecule is C[Si](Cl)(I)I. The summed E-state index contributed by atoms with van der Waals surface area (Å²) in [5, 5.41) is 0. The standard InChI is InChI=1S/CH3ClI2Si/c1-5(2,3)4/h1H3. The summed E-state index contributed by atoms with van der Waals surface area (Å²) >= 11 is 10.2. The summed E-state index contributed by atoms with van der Waals surface area (Å²) in [6, 6.07) is 0. The van der Waals surface area contributed by atoms with E-state index in [1.54, 1.807) is 0 Å².